The molecule has 0 aliphatic carbocycles. The molecule has 2 aromatic carbocycles. The van der Waals surface area contributed by atoms with Crippen LogP contribution >= 0.6 is 0 Å². The van der Waals surface area contributed by atoms with Gasteiger partial charge < -0.3 is 15.8 Å². The van der Waals surface area contributed by atoms with Crippen LogP contribution in [0.4, 0.5) is 5.82 Å². The summed E-state index contributed by atoms with van der Waals surface area (Å²) in [6.45, 7) is 5.47. The van der Waals surface area contributed by atoms with Crippen LogP contribution in [0.15, 0.2) is 53.6 Å². The fraction of sp³-hybridized carbons (Fsp3) is 0.308. The number of fused-ring (bicyclic) bond motifs is 2. The van der Waals surface area contributed by atoms with Crippen LogP contribution in [0.1, 0.15) is 54.1 Å². The van der Waals surface area contributed by atoms with Gasteiger partial charge in [0.2, 0.25) is 0 Å². The molecule has 2 aromatic heterocycles. The maximum atomic E-state index is 13.2. The second kappa shape index (κ2) is 9.23. The van der Waals surface area contributed by atoms with Gasteiger partial charge in [0.25, 0.3) is 5.91 Å². The van der Waals surface area contributed by atoms with Crippen molar-refractivity contribution in [3.05, 3.63) is 65.2 Å². The molecule has 0 radical (unpaired) electrons. The van der Waals surface area contributed by atoms with E-state index in [1.165, 1.54) is 10.2 Å². The molecule has 4 aromatic rings. The topological polar surface area (TPSA) is 107 Å². The van der Waals surface area contributed by atoms with Crippen molar-refractivity contribution in [3.63, 3.8) is 0 Å². The smallest absolute Gasteiger partial charge is 0.257 e. The van der Waals surface area contributed by atoms with E-state index in [1.807, 2.05) is 36.4 Å². The first-order valence-electron chi connectivity index (χ1n) is 11.6. The molecule has 8 nitrogen and oxygen atoms in total. The zero-order chi connectivity index (χ0) is 23.7. The van der Waals surface area contributed by atoms with Crippen LogP contribution in [0.2, 0.25) is 0 Å². The van der Waals surface area contributed by atoms with Crippen LogP contribution in [0.3, 0.4) is 0 Å². The molecule has 1 aliphatic heterocycles. The molecule has 0 bridgehead atoms. The highest BCUT2D eigenvalue weighted by Crippen LogP contribution is 2.28. The van der Waals surface area contributed by atoms with Crippen molar-refractivity contribution in [3.8, 4) is 0 Å². The van der Waals surface area contributed by atoms with Crippen LogP contribution in [0, 0.1) is 0 Å². The summed E-state index contributed by atoms with van der Waals surface area (Å²) >= 11 is 0. The fourth-order valence-corrected chi connectivity index (χ4v) is 4.18. The second-order valence-corrected chi connectivity index (χ2v) is 8.87. The molecular weight excluding hydrogens is 428 g/mol. The quantitative estimate of drug-likeness (QED) is 0.425. The molecule has 34 heavy (non-hydrogen) atoms. The van der Waals surface area contributed by atoms with E-state index in [0.29, 0.717) is 34.7 Å². The number of ether oxygens (including phenoxy) is 1. The molecule has 174 valence electrons. The molecule has 1 saturated heterocycles. The lowest BCUT2D eigenvalue weighted by molar-refractivity contribution is 0.0859. The average molecular weight is 457 g/mol. The van der Waals surface area contributed by atoms with Gasteiger partial charge >= 0.3 is 0 Å². The first-order chi connectivity index (χ1) is 16.5. The first-order valence-corrected chi connectivity index (χ1v) is 11.6. The minimum atomic E-state index is -0.308. The number of carbonyl (C=O) groups excluding carboxylic acids is 1. The van der Waals surface area contributed by atoms with Gasteiger partial charge in [0.05, 0.1) is 23.4 Å². The second-order valence-electron chi connectivity index (χ2n) is 8.87. The number of nitrogen functional groups attached to an aromatic ring is 1. The number of nitrogens with zero attached hydrogens (tertiary/aromatic N) is 4. The van der Waals surface area contributed by atoms with Crippen molar-refractivity contribution < 1.29 is 9.53 Å². The molecule has 1 amide bonds. The van der Waals surface area contributed by atoms with Gasteiger partial charge in [0.15, 0.2) is 5.65 Å². The summed E-state index contributed by atoms with van der Waals surface area (Å²) in [7, 11) is 0. The Hall–Kier alpha value is -3.78. The van der Waals surface area contributed by atoms with Crippen LogP contribution < -0.4 is 11.1 Å². The summed E-state index contributed by atoms with van der Waals surface area (Å²) in [5, 5.41) is 7.53. The standard InChI is InChI=1S/C26H28N6O2/c1-16(2)18-11-9-17(10-12-18)14-29-32-24(27)22(26(33)28-15-19-6-5-13-34-19)23-25(32)31-21-8-4-3-7-20(21)30-23/h3-4,7-12,14,16,19H,5-6,13,15,27H2,1-2H3,(H,28,33)/b29-14-/t19-/m0/s1. The highest BCUT2D eigenvalue weighted by molar-refractivity contribution is 6.10. The number of carbonyl (C=O) groups is 1. The van der Waals surface area contributed by atoms with Crippen LogP contribution in [-0.2, 0) is 4.74 Å². The van der Waals surface area contributed by atoms with Crippen LogP contribution in [-0.4, -0.2) is 46.0 Å². The SMILES string of the molecule is CC(C)c1ccc(/C=N\n2c(N)c(C(=O)NC[C@@H]3CCCO3)c3nc4ccccc4nc32)cc1. The van der Waals surface area contributed by atoms with E-state index in [2.05, 4.69) is 36.4 Å². The molecule has 1 fully saturated rings. The number of amides is 1. The lowest BCUT2D eigenvalue weighted by Crippen LogP contribution is -2.32. The summed E-state index contributed by atoms with van der Waals surface area (Å²) in [4.78, 5) is 22.6. The summed E-state index contributed by atoms with van der Waals surface area (Å²) in [6.07, 6.45) is 3.68. The molecule has 3 heterocycles. The van der Waals surface area contributed by atoms with Crippen molar-refractivity contribution in [2.75, 3.05) is 18.9 Å². The van der Waals surface area contributed by atoms with Crippen LogP contribution in [0.5, 0.6) is 0 Å². The number of rotatable bonds is 6. The number of aromatic nitrogens is 3. The van der Waals surface area contributed by atoms with Gasteiger partial charge in [0, 0.05) is 13.2 Å². The van der Waals surface area contributed by atoms with Crippen molar-refractivity contribution in [1.29, 1.82) is 0 Å². The van der Waals surface area contributed by atoms with E-state index in [-0.39, 0.29) is 23.4 Å². The zero-order valence-corrected chi connectivity index (χ0v) is 19.4. The molecule has 3 N–H and O–H groups in total. The summed E-state index contributed by atoms with van der Waals surface area (Å²) in [6, 6.07) is 15.7. The first kappa shape index (κ1) is 22.0. The maximum absolute atomic E-state index is 13.2. The molecule has 5 rings (SSSR count). The van der Waals surface area contributed by atoms with E-state index in [4.69, 9.17) is 20.4 Å². The van der Waals surface area contributed by atoms with E-state index in [1.54, 1.807) is 6.21 Å². The molecule has 1 aliphatic rings. The number of hydrogen-bond acceptors (Lipinski definition) is 6. The minimum absolute atomic E-state index is 0.0253. The summed E-state index contributed by atoms with van der Waals surface area (Å²) in [5.74, 6) is 0.345. The highest BCUT2D eigenvalue weighted by atomic mass is 16.5. The van der Waals surface area contributed by atoms with Gasteiger partial charge in [-0.3, -0.25) is 4.79 Å². The molecule has 0 unspecified atom stereocenters. The van der Waals surface area contributed by atoms with Gasteiger partial charge in [-0.05, 0) is 42.0 Å². The Bertz CT molecular complexity index is 1370. The Balaban J connectivity index is 1.55. The Kier molecular flexibility index (Phi) is 5.98. The largest absolute Gasteiger partial charge is 0.383 e. The number of hydrogen-bond donors (Lipinski definition) is 2. The van der Waals surface area contributed by atoms with Crippen molar-refractivity contribution in [2.45, 2.75) is 38.7 Å². The van der Waals surface area contributed by atoms with Gasteiger partial charge in [-0.25, -0.2) is 9.97 Å². The van der Waals surface area contributed by atoms with Crippen molar-refractivity contribution in [2.24, 2.45) is 5.10 Å². The minimum Gasteiger partial charge on any atom is -0.383 e. The summed E-state index contributed by atoms with van der Waals surface area (Å²) < 4.78 is 7.12. The molecular formula is C26H28N6O2. The van der Waals surface area contributed by atoms with E-state index >= 15 is 0 Å². The zero-order valence-electron chi connectivity index (χ0n) is 19.4. The predicted octanol–water partition coefficient (Wildman–Crippen LogP) is 4.08. The number of nitrogens with two attached hydrogens (primary N) is 1. The normalized spacial score (nSPS) is 16.3. The van der Waals surface area contributed by atoms with E-state index < -0.39 is 0 Å². The van der Waals surface area contributed by atoms with Crippen molar-refractivity contribution in [1.82, 2.24) is 20.0 Å². The third kappa shape index (κ3) is 4.24. The number of benzene rings is 2. The van der Waals surface area contributed by atoms with E-state index in [9.17, 15) is 4.79 Å². The Morgan fingerprint density at radius 2 is 1.94 bits per heavy atom. The summed E-state index contributed by atoms with van der Waals surface area (Å²) in [5.41, 5.74) is 11.2. The molecule has 8 heteroatoms. The number of anilines is 1. The lowest BCUT2D eigenvalue weighted by atomic mass is 10.0. The van der Waals surface area contributed by atoms with Crippen molar-refractivity contribution >= 4 is 40.1 Å². The average Bonchev–Trinajstić information content (AvgIpc) is 3.45. The third-order valence-corrected chi connectivity index (χ3v) is 6.14. The molecule has 0 saturated carbocycles. The molecule has 1 atom stereocenters. The highest BCUT2D eigenvalue weighted by Gasteiger charge is 2.25. The number of para-hydroxylation sites is 2. The maximum Gasteiger partial charge on any atom is 0.257 e. The third-order valence-electron chi connectivity index (χ3n) is 6.14. The van der Waals surface area contributed by atoms with Gasteiger partial charge in [-0.15, -0.1) is 0 Å². The van der Waals surface area contributed by atoms with Gasteiger partial charge in [0.1, 0.15) is 16.9 Å². The molecule has 0 spiro atoms. The van der Waals surface area contributed by atoms with Gasteiger partial charge in [-0.2, -0.15) is 9.78 Å². The monoisotopic (exact) mass is 456 g/mol. The lowest BCUT2D eigenvalue weighted by Gasteiger charge is -2.10. The fourth-order valence-electron chi connectivity index (χ4n) is 4.18. The Labute approximate surface area is 197 Å². The van der Waals surface area contributed by atoms with Crippen LogP contribution in [0.25, 0.3) is 22.2 Å². The predicted molar refractivity (Wildman–Crippen MR) is 134 cm³/mol. The van der Waals surface area contributed by atoms with E-state index in [0.717, 1.165) is 25.0 Å². The Morgan fingerprint density at radius 1 is 1.21 bits per heavy atom. The number of nitrogens with one attached hydrogen (secondary N) is 1. The Morgan fingerprint density at radius 3 is 2.62 bits per heavy atom. The van der Waals surface area contributed by atoms with Gasteiger partial charge in [-0.1, -0.05) is 50.2 Å².